The second-order valence-electron chi connectivity index (χ2n) is 4.34. The Morgan fingerprint density at radius 2 is 1.82 bits per heavy atom. The van der Waals surface area contributed by atoms with Crippen molar-refractivity contribution >= 4 is 43.1 Å². The zero-order valence-corrected chi connectivity index (χ0v) is 14.3. The van der Waals surface area contributed by atoms with E-state index in [2.05, 4.69) is 15.9 Å². The molecule has 0 saturated heterocycles. The smallest absolute Gasteiger partial charge is 0.312 e. The Morgan fingerprint density at radius 1 is 1.18 bits per heavy atom. The summed E-state index contributed by atoms with van der Waals surface area (Å²) in [4.78, 5) is 10.3. The van der Waals surface area contributed by atoms with Crippen molar-refractivity contribution in [2.24, 2.45) is 0 Å². The van der Waals surface area contributed by atoms with E-state index in [4.69, 9.17) is 16.3 Å². The van der Waals surface area contributed by atoms with Crippen LogP contribution in [0.3, 0.4) is 0 Å². The van der Waals surface area contributed by atoms with E-state index in [-0.39, 0.29) is 21.4 Å². The monoisotopic (exact) mass is 405 g/mol. The van der Waals surface area contributed by atoms with Gasteiger partial charge in [-0.05, 0) is 30.3 Å². The molecule has 0 bridgehead atoms. The van der Waals surface area contributed by atoms with Crippen LogP contribution in [0.1, 0.15) is 0 Å². The molecule has 0 fully saturated rings. The van der Waals surface area contributed by atoms with Crippen LogP contribution >= 0.6 is 27.5 Å². The molecule has 0 aliphatic heterocycles. The fraction of sp³-hybridized carbons (Fsp3) is 0.0769. The van der Waals surface area contributed by atoms with Gasteiger partial charge in [0.2, 0.25) is 5.75 Å². The Hall–Kier alpha value is -1.64. The molecule has 2 aromatic rings. The molecule has 2 aromatic carbocycles. The minimum Gasteiger partial charge on any atom is -0.449 e. The molecule has 0 saturated carbocycles. The molecule has 0 spiro atoms. The number of benzene rings is 2. The van der Waals surface area contributed by atoms with Gasteiger partial charge in [-0.3, -0.25) is 10.1 Å². The summed E-state index contributed by atoms with van der Waals surface area (Å²) in [6.07, 6.45) is 0.970. The molecule has 0 radical (unpaired) electrons. The fourth-order valence-electron chi connectivity index (χ4n) is 1.63. The second-order valence-corrected chi connectivity index (χ2v) is 7.67. The summed E-state index contributed by atoms with van der Waals surface area (Å²) < 4.78 is 29.1. The first kappa shape index (κ1) is 16.7. The van der Waals surface area contributed by atoms with Crippen molar-refractivity contribution in [3.63, 3.8) is 0 Å². The molecule has 9 heteroatoms. The van der Waals surface area contributed by atoms with Crippen LogP contribution in [0.2, 0.25) is 5.02 Å². The highest BCUT2D eigenvalue weighted by Gasteiger charge is 2.21. The highest BCUT2D eigenvalue weighted by atomic mass is 79.9. The summed E-state index contributed by atoms with van der Waals surface area (Å²) in [6.45, 7) is 0. The van der Waals surface area contributed by atoms with Gasteiger partial charge in [-0.25, -0.2) is 8.42 Å². The number of sulfone groups is 1. The Labute approximate surface area is 139 Å². The van der Waals surface area contributed by atoms with Crippen LogP contribution in [0, 0.1) is 10.1 Å². The van der Waals surface area contributed by atoms with Crippen LogP contribution in [0.4, 0.5) is 5.69 Å². The molecule has 116 valence electrons. The molecular formula is C13H9BrClNO5S. The van der Waals surface area contributed by atoms with Gasteiger partial charge >= 0.3 is 5.69 Å². The van der Waals surface area contributed by atoms with Gasteiger partial charge in [-0.15, -0.1) is 0 Å². The van der Waals surface area contributed by atoms with Crippen molar-refractivity contribution in [1.29, 1.82) is 0 Å². The Kier molecular flexibility index (Phi) is 4.74. The number of nitro groups is 1. The summed E-state index contributed by atoms with van der Waals surface area (Å²) >= 11 is 9.23. The summed E-state index contributed by atoms with van der Waals surface area (Å²) in [5, 5.41) is 11.4. The van der Waals surface area contributed by atoms with E-state index in [1.165, 1.54) is 12.1 Å². The topological polar surface area (TPSA) is 86.5 Å². The van der Waals surface area contributed by atoms with Gasteiger partial charge in [0.1, 0.15) is 5.75 Å². The molecule has 0 N–H and O–H groups in total. The van der Waals surface area contributed by atoms with E-state index < -0.39 is 20.4 Å². The lowest BCUT2D eigenvalue weighted by molar-refractivity contribution is -0.385. The summed E-state index contributed by atoms with van der Waals surface area (Å²) in [6, 6.07) is 8.21. The van der Waals surface area contributed by atoms with Crippen molar-refractivity contribution in [3.05, 3.63) is 56.0 Å². The maximum atomic E-state index is 11.5. The van der Waals surface area contributed by atoms with Crippen molar-refractivity contribution in [2.75, 3.05) is 6.26 Å². The minimum atomic E-state index is -3.55. The van der Waals surface area contributed by atoms with Gasteiger partial charge in [0, 0.05) is 16.8 Å². The Morgan fingerprint density at radius 3 is 2.36 bits per heavy atom. The molecule has 0 atom stereocenters. The van der Waals surface area contributed by atoms with Gasteiger partial charge < -0.3 is 4.74 Å². The summed E-state index contributed by atoms with van der Waals surface area (Å²) in [7, 11) is -3.55. The molecule has 0 aliphatic carbocycles. The predicted octanol–water partition coefficient (Wildman–Crippen LogP) is 4.21. The first-order valence-corrected chi connectivity index (χ1v) is 8.86. The van der Waals surface area contributed by atoms with Gasteiger partial charge in [0.15, 0.2) is 9.84 Å². The van der Waals surface area contributed by atoms with Crippen molar-refractivity contribution in [3.8, 4) is 11.5 Å². The molecule has 0 amide bonds. The third-order valence-corrected chi connectivity index (χ3v) is 4.57. The molecule has 0 aromatic heterocycles. The highest BCUT2D eigenvalue weighted by Crippen LogP contribution is 2.37. The first-order chi connectivity index (χ1) is 10.2. The van der Waals surface area contributed by atoms with Gasteiger partial charge in [-0.1, -0.05) is 27.5 Å². The summed E-state index contributed by atoms with van der Waals surface area (Å²) in [5.41, 5.74) is -0.457. The van der Waals surface area contributed by atoms with Crippen molar-refractivity contribution < 1.29 is 18.1 Å². The lowest BCUT2D eigenvalue weighted by Gasteiger charge is -2.09. The highest BCUT2D eigenvalue weighted by molar-refractivity contribution is 9.10. The van der Waals surface area contributed by atoms with Crippen LogP contribution in [0.15, 0.2) is 45.8 Å². The van der Waals surface area contributed by atoms with Crippen molar-refractivity contribution in [1.82, 2.24) is 0 Å². The average molecular weight is 407 g/mol. The van der Waals surface area contributed by atoms with Crippen LogP contribution in [0.25, 0.3) is 0 Å². The van der Waals surface area contributed by atoms with Crippen LogP contribution < -0.4 is 4.74 Å². The Balaban J connectivity index is 2.49. The molecular weight excluding hydrogens is 398 g/mol. The van der Waals surface area contributed by atoms with Gasteiger partial charge in [-0.2, -0.15) is 0 Å². The van der Waals surface area contributed by atoms with Gasteiger partial charge in [0.25, 0.3) is 0 Å². The number of hydrogen-bond acceptors (Lipinski definition) is 5. The lowest BCUT2D eigenvalue weighted by Crippen LogP contribution is -2.00. The number of nitro benzene ring substituents is 1. The number of hydrogen-bond donors (Lipinski definition) is 0. The van der Waals surface area contributed by atoms with Crippen LogP contribution in [-0.2, 0) is 9.84 Å². The molecule has 6 nitrogen and oxygen atoms in total. The van der Waals surface area contributed by atoms with E-state index >= 15 is 0 Å². The zero-order valence-electron chi connectivity index (χ0n) is 11.1. The standard InChI is InChI=1S/C13H9BrClNO5S/c1-22(19,20)9-3-5-13(11(7-9)16(17)18)21-12-4-2-8(14)6-10(12)15/h2-7H,1H3. The first-order valence-electron chi connectivity index (χ1n) is 5.80. The molecule has 0 aliphatic rings. The third-order valence-electron chi connectivity index (χ3n) is 2.67. The lowest BCUT2D eigenvalue weighted by atomic mass is 10.3. The van der Waals surface area contributed by atoms with E-state index in [0.717, 1.165) is 16.8 Å². The third kappa shape index (κ3) is 3.76. The van der Waals surface area contributed by atoms with E-state index in [9.17, 15) is 18.5 Å². The Bertz CT molecular complexity index is 854. The SMILES string of the molecule is CS(=O)(=O)c1ccc(Oc2ccc(Br)cc2Cl)c([N+](=O)[O-])c1. The van der Waals surface area contributed by atoms with Crippen molar-refractivity contribution in [2.45, 2.75) is 4.90 Å². The quantitative estimate of drug-likeness (QED) is 0.561. The van der Waals surface area contributed by atoms with E-state index in [1.54, 1.807) is 18.2 Å². The zero-order chi connectivity index (χ0) is 16.5. The normalized spacial score (nSPS) is 11.2. The fourth-order valence-corrected chi connectivity index (χ4v) is 2.99. The predicted molar refractivity (Wildman–Crippen MR) is 85.4 cm³/mol. The minimum absolute atomic E-state index is 0.0957. The average Bonchev–Trinajstić information content (AvgIpc) is 2.40. The maximum absolute atomic E-state index is 11.5. The molecule has 22 heavy (non-hydrogen) atoms. The van der Waals surface area contributed by atoms with Crippen LogP contribution in [-0.4, -0.2) is 19.6 Å². The van der Waals surface area contributed by atoms with Crippen LogP contribution in [0.5, 0.6) is 11.5 Å². The number of rotatable bonds is 4. The van der Waals surface area contributed by atoms with E-state index in [1.807, 2.05) is 0 Å². The molecule has 2 rings (SSSR count). The summed E-state index contributed by atoms with van der Waals surface area (Å²) in [5.74, 6) is 0.127. The maximum Gasteiger partial charge on any atom is 0.312 e. The number of halogens is 2. The molecule has 0 unspecified atom stereocenters. The van der Waals surface area contributed by atoms with Gasteiger partial charge in [0.05, 0.1) is 14.8 Å². The molecule has 0 heterocycles. The largest absolute Gasteiger partial charge is 0.449 e. The van der Waals surface area contributed by atoms with E-state index in [0.29, 0.717) is 0 Å². The number of nitrogens with zero attached hydrogens (tertiary/aromatic N) is 1. The second kappa shape index (κ2) is 6.23. The number of ether oxygens (including phenoxy) is 1.